The molecule has 0 aromatic carbocycles. The van der Waals surface area contributed by atoms with Gasteiger partial charge in [-0.05, 0) is 5.92 Å². The Labute approximate surface area is 125 Å². The summed E-state index contributed by atoms with van der Waals surface area (Å²) in [5.41, 5.74) is 6.05. The maximum atomic E-state index is 11.7. The molecule has 116 valence electrons. The van der Waals surface area contributed by atoms with E-state index in [1.54, 1.807) is 6.07 Å². The van der Waals surface area contributed by atoms with E-state index in [1.807, 2.05) is 13.8 Å². The zero-order chi connectivity index (χ0) is 16.1. The van der Waals surface area contributed by atoms with Gasteiger partial charge in [-0.25, -0.2) is 14.8 Å². The van der Waals surface area contributed by atoms with Gasteiger partial charge in [-0.1, -0.05) is 19.0 Å². The molecule has 0 aliphatic rings. The van der Waals surface area contributed by atoms with Crippen molar-refractivity contribution in [3.8, 4) is 0 Å². The molecule has 2 heterocycles. The summed E-state index contributed by atoms with van der Waals surface area (Å²) in [5.74, 6) is -1.11. The molecule has 0 bridgehead atoms. The van der Waals surface area contributed by atoms with Gasteiger partial charge in [-0.2, -0.15) is 0 Å². The van der Waals surface area contributed by atoms with Gasteiger partial charge in [0.25, 0.3) is 5.91 Å². The van der Waals surface area contributed by atoms with Crippen molar-refractivity contribution < 1.29 is 18.8 Å². The van der Waals surface area contributed by atoms with Crippen LogP contribution in [0.15, 0.2) is 23.0 Å². The second-order valence-electron chi connectivity index (χ2n) is 4.69. The molecular formula is C13H15N5O4. The standard InChI is InChI=1S/C13H15N5O4/c1-7(2)8-5-10(22-18-8)17-9(19)6-21-13(20)11-12(14)16-4-3-15-11/h3-5,7H,6H2,1-2H3,(H2,14,16)(H,17,19). The highest BCUT2D eigenvalue weighted by molar-refractivity contribution is 5.95. The first-order valence-electron chi connectivity index (χ1n) is 6.47. The quantitative estimate of drug-likeness (QED) is 0.780. The van der Waals surface area contributed by atoms with Crippen molar-refractivity contribution in [3.63, 3.8) is 0 Å². The molecule has 0 radical (unpaired) electrons. The van der Waals surface area contributed by atoms with Crippen LogP contribution in [-0.2, 0) is 9.53 Å². The summed E-state index contributed by atoms with van der Waals surface area (Å²) in [6, 6.07) is 1.60. The summed E-state index contributed by atoms with van der Waals surface area (Å²) < 4.78 is 9.74. The fourth-order valence-corrected chi connectivity index (χ4v) is 1.50. The van der Waals surface area contributed by atoms with E-state index >= 15 is 0 Å². The van der Waals surface area contributed by atoms with Crippen molar-refractivity contribution in [2.75, 3.05) is 17.7 Å². The normalized spacial score (nSPS) is 10.5. The van der Waals surface area contributed by atoms with Gasteiger partial charge in [0.2, 0.25) is 5.88 Å². The molecule has 3 N–H and O–H groups in total. The van der Waals surface area contributed by atoms with Crippen LogP contribution < -0.4 is 11.1 Å². The van der Waals surface area contributed by atoms with Gasteiger partial charge in [0, 0.05) is 18.5 Å². The molecule has 2 aromatic heterocycles. The Bertz CT molecular complexity index is 683. The molecule has 0 spiro atoms. The number of hydrogen-bond acceptors (Lipinski definition) is 8. The SMILES string of the molecule is CC(C)c1cc(NC(=O)COC(=O)c2nccnc2N)on1. The van der Waals surface area contributed by atoms with Crippen molar-refractivity contribution in [3.05, 3.63) is 29.8 Å². The molecule has 2 rings (SSSR count). The molecule has 0 saturated carbocycles. The van der Waals surface area contributed by atoms with Crippen LogP contribution in [0, 0.1) is 0 Å². The van der Waals surface area contributed by atoms with Gasteiger partial charge in [0.05, 0.1) is 5.69 Å². The molecule has 1 amide bonds. The van der Waals surface area contributed by atoms with Crippen LogP contribution in [0.5, 0.6) is 0 Å². The zero-order valence-electron chi connectivity index (χ0n) is 12.1. The fourth-order valence-electron chi connectivity index (χ4n) is 1.50. The Morgan fingerprint density at radius 3 is 2.73 bits per heavy atom. The summed E-state index contributed by atoms with van der Waals surface area (Å²) in [7, 11) is 0. The fraction of sp³-hybridized carbons (Fsp3) is 0.308. The van der Waals surface area contributed by atoms with Crippen LogP contribution in [-0.4, -0.2) is 33.6 Å². The van der Waals surface area contributed by atoms with Crippen LogP contribution in [0.1, 0.15) is 35.9 Å². The first kappa shape index (κ1) is 15.4. The first-order chi connectivity index (χ1) is 10.5. The highest BCUT2D eigenvalue weighted by atomic mass is 16.5. The Kier molecular flexibility index (Phi) is 4.66. The van der Waals surface area contributed by atoms with E-state index in [0.29, 0.717) is 5.69 Å². The lowest BCUT2D eigenvalue weighted by molar-refractivity contribution is -0.119. The third kappa shape index (κ3) is 3.78. The molecule has 9 nitrogen and oxygen atoms in total. The third-order valence-electron chi connectivity index (χ3n) is 2.64. The summed E-state index contributed by atoms with van der Waals surface area (Å²) in [5, 5.41) is 6.22. The van der Waals surface area contributed by atoms with E-state index in [-0.39, 0.29) is 23.3 Å². The predicted octanol–water partition coefficient (Wildman–Crippen LogP) is 0.966. The number of amides is 1. The number of aromatic nitrogens is 3. The number of nitrogens with zero attached hydrogens (tertiary/aromatic N) is 3. The van der Waals surface area contributed by atoms with E-state index in [4.69, 9.17) is 15.0 Å². The minimum Gasteiger partial charge on any atom is -0.451 e. The number of carbonyl (C=O) groups is 2. The average molecular weight is 305 g/mol. The van der Waals surface area contributed by atoms with Gasteiger partial charge >= 0.3 is 5.97 Å². The van der Waals surface area contributed by atoms with E-state index in [2.05, 4.69) is 20.4 Å². The number of rotatable bonds is 5. The number of nitrogens with one attached hydrogen (secondary N) is 1. The van der Waals surface area contributed by atoms with Crippen LogP contribution in [0.2, 0.25) is 0 Å². The van der Waals surface area contributed by atoms with Gasteiger partial charge in [-0.3, -0.25) is 10.1 Å². The van der Waals surface area contributed by atoms with Crippen molar-refractivity contribution in [1.82, 2.24) is 15.1 Å². The molecule has 0 saturated heterocycles. The zero-order valence-corrected chi connectivity index (χ0v) is 12.1. The number of esters is 1. The smallest absolute Gasteiger partial charge is 0.361 e. The Balaban J connectivity index is 1.87. The largest absolute Gasteiger partial charge is 0.451 e. The third-order valence-corrected chi connectivity index (χ3v) is 2.64. The lowest BCUT2D eigenvalue weighted by Gasteiger charge is -2.04. The number of nitrogen functional groups attached to an aromatic ring is 1. The Morgan fingerprint density at radius 1 is 1.36 bits per heavy atom. The van der Waals surface area contributed by atoms with Crippen molar-refractivity contribution in [2.45, 2.75) is 19.8 Å². The van der Waals surface area contributed by atoms with E-state index in [0.717, 1.165) is 0 Å². The summed E-state index contributed by atoms with van der Waals surface area (Å²) in [4.78, 5) is 30.8. The molecule has 2 aromatic rings. The number of carbonyl (C=O) groups excluding carboxylic acids is 2. The number of hydrogen-bond donors (Lipinski definition) is 2. The highest BCUT2D eigenvalue weighted by Gasteiger charge is 2.16. The van der Waals surface area contributed by atoms with Crippen LogP contribution in [0.25, 0.3) is 0 Å². The second kappa shape index (κ2) is 6.66. The minimum atomic E-state index is -0.832. The number of ether oxygens (including phenoxy) is 1. The van der Waals surface area contributed by atoms with Crippen LogP contribution in [0.4, 0.5) is 11.7 Å². The van der Waals surface area contributed by atoms with E-state index in [9.17, 15) is 9.59 Å². The molecule has 9 heteroatoms. The van der Waals surface area contributed by atoms with Gasteiger partial charge in [0.1, 0.15) is 0 Å². The molecule has 0 aliphatic heterocycles. The van der Waals surface area contributed by atoms with Crippen molar-refractivity contribution in [2.24, 2.45) is 0 Å². The lowest BCUT2D eigenvalue weighted by Crippen LogP contribution is -2.21. The topological polar surface area (TPSA) is 133 Å². The van der Waals surface area contributed by atoms with Crippen molar-refractivity contribution >= 4 is 23.6 Å². The highest BCUT2D eigenvalue weighted by Crippen LogP contribution is 2.17. The first-order valence-corrected chi connectivity index (χ1v) is 6.47. The Morgan fingerprint density at radius 2 is 2.09 bits per heavy atom. The summed E-state index contributed by atoms with van der Waals surface area (Å²) >= 11 is 0. The van der Waals surface area contributed by atoms with Crippen LogP contribution in [0.3, 0.4) is 0 Å². The molecule has 0 atom stereocenters. The van der Waals surface area contributed by atoms with E-state index in [1.165, 1.54) is 12.4 Å². The maximum Gasteiger partial charge on any atom is 0.361 e. The molecule has 0 aliphatic carbocycles. The molecular weight excluding hydrogens is 290 g/mol. The van der Waals surface area contributed by atoms with Gasteiger partial charge in [0.15, 0.2) is 18.1 Å². The maximum absolute atomic E-state index is 11.7. The minimum absolute atomic E-state index is 0.0651. The number of anilines is 2. The second-order valence-corrected chi connectivity index (χ2v) is 4.69. The average Bonchev–Trinajstić information content (AvgIpc) is 2.94. The van der Waals surface area contributed by atoms with Crippen molar-refractivity contribution in [1.29, 1.82) is 0 Å². The predicted molar refractivity (Wildman–Crippen MR) is 75.9 cm³/mol. The molecule has 0 unspecified atom stereocenters. The Hall–Kier alpha value is -2.97. The molecule has 22 heavy (non-hydrogen) atoms. The van der Waals surface area contributed by atoms with Gasteiger partial charge < -0.3 is 15.0 Å². The monoisotopic (exact) mass is 305 g/mol. The summed E-state index contributed by atoms with van der Waals surface area (Å²) in [6.07, 6.45) is 2.64. The van der Waals surface area contributed by atoms with E-state index < -0.39 is 18.5 Å². The van der Waals surface area contributed by atoms with Gasteiger partial charge in [-0.15, -0.1) is 0 Å². The summed E-state index contributed by atoms with van der Waals surface area (Å²) in [6.45, 7) is 3.37. The lowest BCUT2D eigenvalue weighted by atomic mass is 10.1. The number of nitrogens with two attached hydrogens (primary N) is 1. The van der Waals surface area contributed by atoms with Crippen LogP contribution >= 0.6 is 0 Å². The molecule has 0 fully saturated rings.